The number of ketones is 1. The van der Waals surface area contributed by atoms with Crippen LogP contribution in [-0.2, 0) is 11.2 Å². The van der Waals surface area contributed by atoms with Gasteiger partial charge in [-0.25, -0.2) is 0 Å². The van der Waals surface area contributed by atoms with Crippen molar-refractivity contribution in [3.8, 4) is 0 Å². The summed E-state index contributed by atoms with van der Waals surface area (Å²) < 4.78 is 0. The zero-order valence-corrected chi connectivity index (χ0v) is 13.3. The first-order valence-electron chi connectivity index (χ1n) is 7.44. The predicted octanol–water partition coefficient (Wildman–Crippen LogP) is 5.28. The molecule has 0 aromatic heterocycles. The lowest BCUT2D eigenvalue weighted by molar-refractivity contribution is -0.120. The van der Waals surface area contributed by atoms with Gasteiger partial charge in [0.25, 0.3) is 0 Å². The fourth-order valence-corrected chi connectivity index (χ4v) is 2.87. The lowest BCUT2D eigenvalue weighted by Gasteiger charge is -2.22. The predicted molar refractivity (Wildman–Crippen MR) is 88.8 cm³/mol. The zero-order valence-electron chi connectivity index (χ0n) is 12.6. The summed E-state index contributed by atoms with van der Waals surface area (Å²) in [5, 5.41) is 0.668. The topological polar surface area (TPSA) is 17.1 Å². The van der Waals surface area contributed by atoms with Gasteiger partial charge in [0.1, 0.15) is 5.78 Å². The molecule has 0 aliphatic heterocycles. The van der Waals surface area contributed by atoms with Crippen molar-refractivity contribution in [2.24, 2.45) is 5.92 Å². The SMILES string of the molecule is CCC(C)C(C(=O)Cc1ccccc1Cl)c1ccccc1. The van der Waals surface area contributed by atoms with Crippen LogP contribution in [0.1, 0.15) is 37.3 Å². The number of hydrogen-bond donors (Lipinski definition) is 0. The normalized spacial score (nSPS) is 13.7. The molecule has 2 aromatic rings. The van der Waals surface area contributed by atoms with E-state index in [0.717, 1.165) is 17.5 Å². The van der Waals surface area contributed by atoms with Crippen LogP contribution in [0.3, 0.4) is 0 Å². The molecule has 2 atom stereocenters. The first kappa shape index (κ1) is 15.8. The molecule has 0 aliphatic rings. The Kier molecular flexibility index (Phi) is 5.58. The number of hydrogen-bond acceptors (Lipinski definition) is 1. The highest BCUT2D eigenvalue weighted by atomic mass is 35.5. The molecule has 2 heteroatoms. The van der Waals surface area contributed by atoms with Crippen molar-refractivity contribution < 1.29 is 4.79 Å². The van der Waals surface area contributed by atoms with E-state index in [1.165, 1.54) is 0 Å². The standard InChI is InChI=1S/C19H21ClO/c1-3-14(2)19(15-9-5-4-6-10-15)18(21)13-16-11-7-8-12-17(16)20/h4-12,14,19H,3,13H2,1-2H3. The Balaban J connectivity index is 2.25. The van der Waals surface area contributed by atoms with Crippen LogP contribution in [-0.4, -0.2) is 5.78 Å². The monoisotopic (exact) mass is 300 g/mol. The molecule has 0 N–H and O–H groups in total. The molecule has 0 saturated heterocycles. The van der Waals surface area contributed by atoms with E-state index in [-0.39, 0.29) is 11.7 Å². The molecule has 1 nitrogen and oxygen atoms in total. The highest BCUT2D eigenvalue weighted by molar-refractivity contribution is 6.31. The minimum atomic E-state index is -0.0625. The van der Waals surface area contributed by atoms with E-state index in [9.17, 15) is 4.79 Å². The van der Waals surface area contributed by atoms with Crippen molar-refractivity contribution in [2.75, 3.05) is 0 Å². The number of Topliss-reactive ketones (excluding diaryl/α,β-unsaturated/α-hetero) is 1. The molecular formula is C19H21ClO. The Morgan fingerprint density at radius 1 is 1.05 bits per heavy atom. The Morgan fingerprint density at radius 3 is 2.29 bits per heavy atom. The first-order valence-corrected chi connectivity index (χ1v) is 7.82. The van der Waals surface area contributed by atoms with Crippen LogP contribution < -0.4 is 0 Å². The number of halogens is 1. The van der Waals surface area contributed by atoms with Crippen LogP contribution in [0.25, 0.3) is 0 Å². The summed E-state index contributed by atoms with van der Waals surface area (Å²) in [7, 11) is 0. The fraction of sp³-hybridized carbons (Fsp3) is 0.316. The van der Waals surface area contributed by atoms with Crippen LogP contribution in [0.2, 0.25) is 5.02 Å². The van der Waals surface area contributed by atoms with E-state index >= 15 is 0 Å². The lowest BCUT2D eigenvalue weighted by Crippen LogP contribution is -2.21. The Bertz CT molecular complexity index is 592. The molecule has 0 fully saturated rings. The minimum Gasteiger partial charge on any atom is -0.299 e. The fourth-order valence-electron chi connectivity index (χ4n) is 2.67. The van der Waals surface area contributed by atoms with Crippen LogP contribution >= 0.6 is 11.6 Å². The van der Waals surface area contributed by atoms with Crippen LogP contribution in [0, 0.1) is 5.92 Å². The molecule has 110 valence electrons. The molecular weight excluding hydrogens is 280 g/mol. The second-order valence-electron chi connectivity index (χ2n) is 5.51. The molecule has 0 spiro atoms. The van der Waals surface area contributed by atoms with Gasteiger partial charge in [-0.3, -0.25) is 4.79 Å². The summed E-state index contributed by atoms with van der Waals surface area (Å²) in [6.07, 6.45) is 1.37. The molecule has 0 heterocycles. The van der Waals surface area contributed by atoms with Crippen LogP contribution in [0.4, 0.5) is 0 Å². The van der Waals surface area contributed by atoms with Gasteiger partial charge in [0, 0.05) is 17.4 Å². The Hall–Kier alpha value is -1.60. The third kappa shape index (κ3) is 3.95. The lowest BCUT2D eigenvalue weighted by atomic mass is 9.80. The van der Waals surface area contributed by atoms with E-state index < -0.39 is 0 Å². The van der Waals surface area contributed by atoms with Gasteiger partial charge in [-0.1, -0.05) is 80.4 Å². The molecule has 0 bridgehead atoms. The van der Waals surface area contributed by atoms with Gasteiger partial charge in [0.15, 0.2) is 0 Å². The van der Waals surface area contributed by atoms with Gasteiger partial charge in [0.05, 0.1) is 0 Å². The average Bonchev–Trinajstić information content (AvgIpc) is 2.50. The highest BCUT2D eigenvalue weighted by Gasteiger charge is 2.25. The molecule has 2 rings (SSSR count). The van der Waals surface area contributed by atoms with Gasteiger partial charge in [-0.05, 0) is 23.1 Å². The smallest absolute Gasteiger partial charge is 0.145 e. The molecule has 2 unspecified atom stereocenters. The molecule has 0 amide bonds. The number of rotatable bonds is 6. The average molecular weight is 301 g/mol. The minimum absolute atomic E-state index is 0.0625. The maximum absolute atomic E-state index is 12.8. The molecule has 21 heavy (non-hydrogen) atoms. The second-order valence-corrected chi connectivity index (χ2v) is 5.92. The summed E-state index contributed by atoms with van der Waals surface area (Å²) in [6, 6.07) is 17.6. The van der Waals surface area contributed by atoms with Crippen LogP contribution in [0.15, 0.2) is 54.6 Å². The third-order valence-electron chi connectivity index (χ3n) is 4.04. The van der Waals surface area contributed by atoms with Crippen molar-refractivity contribution in [1.82, 2.24) is 0 Å². The van der Waals surface area contributed by atoms with E-state index in [1.54, 1.807) is 0 Å². The first-order chi connectivity index (χ1) is 10.1. The molecule has 0 saturated carbocycles. The van der Waals surface area contributed by atoms with E-state index in [2.05, 4.69) is 13.8 Å². The molecule has 2 aromatic carbocycles. The third-order valence-corrected chi connectivity index (χ3v) is 4.41. The van der Waals surface area contributed by atoms with Crippen LogP contribution in [0.5, 0.6) is 0 Å². The largest absolute Gasteiger partial charge is 0.299 e. The second kappa shape index (κ2) is 7.42. The van der Waals surface area contributed by atoms with Gasteiger partial charge in [0.2, 0.25) is 0 Å². The zero-order chi connectivity index (χ0) is 15.2. The van der Waals surface area contributed by atoms with E-state index in [1.807, 2.05) is 54.6 Å². The number of benzene rings is 2. The maximum Gasteiger partial charge on any atom is 0.145 e. The van der Waals surface area contributed by atoms with Crippen molar-refractivity contribution in [3.63, 3.8) is 0 Å². The Morgan fingerprint density at radius 2 is 1.67 bits per heavy atom. The van der Waals surface area contributed by atoms with Crippen molar-refractivity contribution >= 4 is 17.4 Å². The maximum atomic E-state index is 12.8. The van der Waals surface area contributed by atoms with Gasteiger partial charge < -0.3 is 0 Å². The highest BCUT2D eigenvalue weighted by Crippen LogP contribution is 2.30. The summed E-state index contributed by atoms with van der Waals surface area (Å²) >= 11 is 6.18. The summed E-state index contributed by atoms with van der Waals surface area (Å²) in [5.41, 5.74) is 2.01. The summed E-state index contributed by atoms with van der Waals surface area (Å²) in [4.78, 5) is 12.8. The van der Waals surface area contributed by atoms with Crippen molar-refractivity contribution in [3.05, 3.63) is 70.7 Å². The number of carbonyl (C=O) groups excluding carboxylic acids is 1. The summed E-state index contributed by atoms with van der Waals surface area (Å²) in [6.45, 7) is 4.27. The van der Waals surface area contributed by atoms with Crippen molar-refractivity contribution in [2.45, 2.75) is 32.6 Å². The van der Waals surface area contributed by atoms with E-state index in [4.69, 9.17) is 11.6 Å². The van der Waals surface area contributed by atoms with Crippen molar-refractivity contribution in [1.29, 1.82) is 0 Å². The quantitative estimate of drug-likeness (QED) is 0.709. The summed E-state index contributed by atoms with van der Waals surface area (Å²) in [5.74, 6) is 0.499. The van der Waals surface area contributed by atoms with E-state index in [0.29, 0.717) is 17.4 Å². The van der Waals surface area contributed by atoms with Gasteiger partial charge >= 0.3 is 0 Å². The van der Waals surface area contributed by atoms with Gasteiger partial charge in [-0.15, -0.1) is 0 Å². The number of carbonyl (C=O) groups is 1. The molecule has 0 radical (unpaired) electrons. The Labute approximate surface area is 132 Å². The molecule has 0 aliphatic carbocycles. The van der Waals surface area contributed by atoms with Gasteiger partial charge in [-0.2, -0.15) is 0 Å².